The average molecular weight is 313 g/mol. The maximum atomic E-state index is 5.41. The van der Waals surface area contributed by atoms with Gasteiger partial charge < -0.3 is 20.1 Å². The maximum Gasteiger partial charge on any atom is 0.190 e. The molecule has 0 amide bonds. The Hall–Kier alpha value is -1.11. The molecule has 0 bridgehead atoms. The SMILES string of the molecule is CN=C(NCCCOCCOC)NCC(C)c1ccsc1. The highest BCUT2D eigenvalue weighted by atomic mass is 32.1. The van der Waals surface area contributed by atoms with Crippen molar-refractivity contribution < 1.29 is 9.47 Å². The molecule has 5 nitrogen and oxygen atoms in total. The summed E-state index contributed by atoms with van der Waals surface area (Å²) in [6, 6.07) is 2.17. The standard InChI is InChI=1S/C15H27N3O2S/c1-13(14-5-10-21-12-14)11-18-15(16-2)17-6-4-7-20-9-8-19-3/h5,10,12-13H,4,6-9,11H2,1-3H3,(H2,16,17,18). The molecule has 1 atom stereocenters. The minimum atomic E-state index is 0.479. The number of thiophene rings is 1. The fourth-order valence-electron chi connectivity index (χ4n) is 1.77. The monoisotopic (exact) mass is 313 g/mol. The van der Waals surface area contributed by atoms with E-state index < -0.39 is 0 Å². The highest BCUT2D eigenvalue weighted by Gasteiger charge is 2.06. The molecule has 1 unspecified atom stereocenters. The molecule has 0 fully saturated rings. The van der Waals surface area contributed by atoms with Crippen LogP contribution in [0.25, 0.3) is 0 Å². The summed E-state index contributed by atoms with van der Waals surface area (Å²) in [5.74, 6) is 1.32. The van der Waals surface area contributed by atoms with Crippen molar-refractivity contribution in [2.45, 2.75) is 19.3 Å². The number of nitrogens with zero attached hydrogens (tertiary/aromatic N) is 1. The molecule has 0 aromatic carbocycles. The molecule has 1 heterocycles. The van der Waals surface area contributed by atoms with Crippen molar-refractivity contribution in [1.29, 1.82) is 0 Å². The normalized spacial score (nSPS) is 13.2. The van der Waals surface area contributed by atoms with Crippen LogP contribution in [0.15, 0.2) is 21.8 Å². The molecule has 1 rings (SSSR count). The van der Waals surface area contributed by atoms with Crippen LogP contribution in [0.5, 0.6) is 0 Å². The van der Waals surface area contributed by atoms with Crippen molar-refractivity contribution in [3.05, 3.63) is 22.4 Å². The third-order valence-electron chi connectivity index (χ3n) is 3.10. The second kappa shape index (κ2) is 11.5. The molecule has 21 heavy (non-hydrogen) atoms. The van der Waals surface area contributed by atoms with Crippen molar-refractivity contribution in [3.8, 4) is 0 Å². The summed E-state index contributed by atoms with van der Waals surface area (Å²) in [6.07, 6.45) is 0.949. The van der Waals surface area contributed by atoms with Crippen LogP contribution in [0.1, 0.15) is 24.8 Å². The van der Waals surface area contributed by atoms with Crippen LogP contribution < -0.4 is 10.6 Å². The van der Waals surface area contributed by atoms with Crippen molar-refractivity contribution >= 4 is 17.3 Å². The van der Waals surface area contributed by atoms with Gasteiger partial charge in [0.2, 0.25) is 0 Å². The molecule has 1 aromatic rings. The summed E-state index contributed by atoms with van der Waals surface area (Å²) in [5.41, 5.74) is 1.37. The summed E-state index contributed by atoms with van der Waals surface area (Å²) in [6.45, 7) is 5.98. The van der Waals surface area contributed by atoms with Gasteiger partial charge in [0, 0.05) is 33.9 Å². The number of guanidine groups is 1. The minimum absolute atomic E-state index is 0.479. The zero-order chi connectivity index (χ0) is 15.3. The van der Waals surface area contributed by atoms with Gasteiger partial charge in [0.1, 0.15) is 0 Å². The van der Waals surface area contributed by atoms with Crippen LogP contribution in [0.2, 0.25) is 0 Å². The zero-order valence-electron chi connectivity index (χ0n) is 13.2. The lowest BCUT2D eigenvalue weighted by Gasteiger charge is -2.15. The Morgan fingerprint density at radius 3 is 2.86 bits per heavy atom. The van der Waals surface area contributed by atoms with Crippen LogP contribution in [0.3, 0.4) is 0 Å². The third kappa shape index (κ3) is 8.04. The van der Waals surface area contributed by atoms with Gasteiger partial charge in [-0.15, -0.1) is 0 Å². The number of methoxy groups -OCH3 is 1. The Morgan fingerprint density at radius 1 is 1.33 bits per heavy atom. The molecule has 1 aromatic heterocycles. The fourth-order valence-corrected chi connectivity index (χ4v) is 2.55. The van der Waals surface area contributed by atoms with Crippen molar-refractivity contribution in [1.82, 2.24) is 10.6 Å². The second-order valence-corrected chi connectivity index (χ2v) is 5.58. The summed E-state index contributed by atoms with van der Waals surface area (Å²) in [7, 11) is 3.47. The summed E-state index contributed by atoms with van der Waals surface area (Å²) in [5, 5.41) is 11.0. The van der Waals surface area contributed by atoms with E-state index in [-0.39, 0.29) is 0 Å². The van der Waals surface area contributed by atoms with Crippen molar-refractivity contribution in [2.75, 3.05) is 47.1 Å². The minimum Gasteiger partial charge on any atom is -0.382 e. The molecule has 6 heteroatoms. The van der Waals surface area contributed by atoms with E-state index in [2.05, 4.69) is 39.4 Å². The van der Waals surface area contributed by atoms with Gasteiger partial charge in [-0.2, -0.15) is 11.3 Å². The number of hydrogen-bond donors (Lipinski definition) is 2. The van der Waals surface area contributed by atoms with Crippen molar-refractivity contribution in [2.24, 2.45) is 4.99 Å². The number of ether oxygens (including phenoxy) is 2. The van der Waals surface area contributed by atoms with Gasteiger partial charge >= 0.3 is 0 Å². The Morgan fingerprint density at radius 2 is 2.19 bits per heavy atom. The molecule has 0 saturated carbocycles. The first-order chi connectivity index (χ1) is 10.3. The van der Waals surface area contributed by atoms with Crippen LogP contribution in [0, 0.1) is 0 Å². The van der Waals surface area contributed by atoms with Crippen LogP contribution in [-0.2, 0) is 9.47 Å². The number of nitrogens with one attached hydrogen (secondary N) is 2. The molecule has 0 radical (unpaired) electrons. The van der Waals surface area contributed by atoms with Gasteiger partial charge in [-0.25, -0.2) is 0 Å². The predicted molar refractivity (Wildman–Crippen MR) is 89.4 cm³/mol. The van der Waals surface area contributed by atoms with E-state index >= 15 is 0 Å². The first-order valence-electron chi connectivity index (χ1n) is 7.31. The van der Waals surface area contributed by atoms with Crippen LogP contribution >= 0.6 is 11.3 Å². The van der Waals surface area contributed by atoms with E-state index in [0.29, 0.717) is 19.1 Å². The van der Waals surface area contributed by atoms with E-state index in [0.717, 1.165) is 32.1 Å². The van der Waals surface area contributed by atoms with Crippen LogP contribution in [-0.4, -0.2) is 53.0 Å². The number of rotatable bonds is 10. The first kappa shape index (κ1) is 17.9. The Balaban J connectivity index is 2.09. The van der Waals surface area contributed by atoms with Gasteiger partial charge in [-0.1, -0.05) is 6.92 Å². The number of aliphatic imine (C=N–C) groups is 1. The summed E-state index contributed by atoms with van der Waals surface area (Å²) >= 11 is 1.74. The van der Waals surface area contributed by atoms with Gasteiger partial charge in [0.05, 0.1) is 13.2 Å². The Kier molecular flexibility index (Phi) is 9.86. The number of hydrogen-bond acceptors (Lipinski definition) is 4. The molecule has 0 aliphatic heterocycles. The third-order valence-corrected chi connectivity index (χ3v) is 3.80. The van der Waals surface area contributed by atoms with Gasteiger partial charge in [0.25, 0.3) is 0 Å². The van der Waals surface area contributed by atoms with Gasteiger partial charge in [-0.3, -0.25) is 4.99 Å². The lowest BCUT2D eigenvalue weighted by Crippen LogP contribution is -2.39. The van der Waals surface area contributed by atoms with Gasteiger partial charge in [-0.05, 0) is 34.7 Å². The average Bonchev–Trinajstić information content (AvgIpc) is 3.03. The summed E-state index contributed by atoms with van der Waals surface area (Å²) < 4.78 is 10.3. The van der Waals surface area contributed by atoms with E-state index in [4.69, 9.17) is 9.47 Å². The van der Waals surface area contributed by atoms with E-state index in [1.165, 1.54) is 5.56 Å². The lowest BCUT2D eigenvalue weighted by atomic mass is 10.1. The predicted octanol–water partition coefficient (Wildman–Crippen LogP) is 2.07. The lowest BCUT2D eigenvalue weighted by molar-refractivity contribution is 0.0698. The quantitative estimate of drug-likeness (QED) is 0.394. The molecule has 0 saturated heterocycles. The molecule has 120 valence electrons. The van der Waals surface area contributed by atoms with E-state index in [1.54, 1.807) is 25.5 Å². The molecular formula is C15H27N3O2S. The smallest absolute Gasteiger partial charge is 0.190 e. The highest BCUT2D eigenvalue weighted by molar-refractivity contribution is 7.07. The molecular weight excluding hydrogens is 286 g/mol. The highest BCUT2D eigenvalue weighted by Crippen LogP contribution is 2.16. The molecule has 0 aliphatic rings. The topological polar surface area (TPSA) is 54.9 Å². The molecule has 0 aliphatic carbocycles. The largest absolute Gasteiger partial charge is 0.382 e. The molecule has 0 spiro atoms. The maximum absolute atomic E-state index is 5.41. The summed E-state index contributed by atoms with van der Waals surface area (Å²) in [4.78, 5) is 4.22. The first-order valence-corrected chi connectivity index (χ1v) is 8.25. The molecule has 2 N–H and O–H groups in total. The fraction of sp³-hybridized carbons (Fsp3) is 0.667. The Labute approximate surface area is 131 Å². The second-order valence-electron chi connectivity index (χ2n) is 4.80. The van der Waals surface area contributed by atoms with Crippen LogP contribution in [0.4, 0.5) is 0 Å². The van der Waals surface area contributed by atoms with E-state index in [9.17, 15) is 0 Å². The van der Waals surface area contributed by atoms with Crippen molar-refractivity contribution in [3.63, 3.8) is 0 Å². The van der Waals surface area contributed by atoms with Gasteiger partial charge in [0.15, 0.2) is 5.96 Å². The van der Waals surface area contributed by atoms with E-state index in [1.807, 2.05) is 0 Å². The Bertz CT molecular complexity index is 382. The zero-order valence-corrected chi connectivity index (χ0v) is 14.0.